The third-order valence-corrected chi connectivity index (χ3v) is 4.04. The van der Waals surface area contributed by atoms with Crippen LogP contribution in [0.5, 0.6) is 0 Å². The van der Waals surface area contributed by atoms with E-state index in [0.29, 0.717) is 5.69 Å². The lowest BCUT2D eigenvalue weighted by atomic mass is 10.1. The van der Waals surface area contributed by atoms with Crippen LogP contribution in [-0.2, 0) is 4.79 Å². The average molecular weight is 293 g/mol. The number of thiazole rings is 1. The Morgan fingerprint density at radius 1 is 1.40 bits per heavy atom. The second-order valence-corrected chi connectivity index (χ2v) is 5.77. The number of carbonyl (C=O) groups is 2. The molecule has 20 heavy (non-hydrogen) atoms. The summed E-state index contributed by atoms with van der Waals surface area (Å²) in [5.74, 6) is -1.06. The molecule has 0 bridgehead atoms. The molecule has 0 spiro atoms. The number of hydrogen-bond donors (Lipinski definition) is 2. The zero-order valence-electron chi connectivity index (χ0n) is 11.4. The molecule has 0 aliphatic heterocycles. The fourth-order valence-corrected chi connectivity index (χ4v) is 2.25. The van der Waals surface area contributed by atoms with Gasteiger partial charge in [0.25, 0.3) is 0 Å². The Kier molecular flexibility index (Phi) is 3.63. The molecule has 0 unspecified atom stereocenters. The number of aromatic nitrogens is 1. The Morgan fingerprint density at radius 2 is 2.10 bits per heavy atom. The van der Waals surface area contributed by atoms with E-state index in [1.165, 1.54) is 32.2 Å². The number of carbonyl (C=O) groups excluding carboxylic acids is 1. The van der Waals surface area contributed by atoms with Crippen molar-refractivity contribution in [2.24, 2.45) is 0 Å². The van der Waals surface area contributed by atoms with Gasteiger partial charge in [-0.15, -0.1) is 11.3 Å². The number of nitrogens with zero attached hydrogens (tertiary/aromatic N) is 2. The van der Waals surface area contributed by atoms with Crippen LogP contribution in [0, 0.1) is 0 Å². The van der Waals surface area contributed by atoms with Crippen molar-refractivity contribution in [3.63, 3.8) is 0 Å². The molecule has 1 aromatic heterocycles. The van der Waals surface area contributed by atoms with Gasteiger partial charge in [-0.1, -0.05) is 0 Å². The number of nitrogens with one attached hydrogen (secondary N) is 1. The first-order chi connectivity index (χ1) is 9.32. The molecule has 0 saturated carbocycles. The predicted octanol–water partition coefficient (Wildman–Crippen LogP) is 2.62. The monoisotopic (exact) mass is 293 g/mol. The predicted molar refractivity (Wildman–Crippen MR) is 78.1 cm³/mol. The van der Waals surface area contributed by atoms with Crippen LogP contribution < -0.4 is 5.32 Å². The van der Waals surface area contributed by atoms with E-state index in [2.05, 4.69) is 10.3 Å². The van der Waals surface area contributed by atoms with E-state index in [-0.39, 0.29) is 0 Å². The first-order valence-corrected chi connectivity index (χ1v) is 6.82. The highest BCUT2D eigenvalue weighted by molar-refractivity contribution is 7.16. The van der Waals surface area contributed by atoms with Crippen LogP contribution in [0.4, 0.5) is 10.5 Å². The molecule has 0 fully saturated rings. The number of rotatable bonds is 3. The van der Waals surface area contributed by atoms with Crippen LogP contribution in [0.15, 0.2) is 23.7 Å². The summed E-state index contributed by atoms with van der Waals surface area (Å²) in [5.41, 5.74) is 1.93. The highest BCUT2D eigenvalue weighted by Gasteiger charge is 2.35. The maximum atomic E-state index is 12.1. The molecule has 6 nitrogen and oxygen atoms in total. The molecule has 2 aromatic rings. The van der Waals surface area contributed by atoms with Gasteiger partial charge in [-0.05, 0) is 32.0 Å². The van der Waals surface area contributed by atoms with Crippen molar-refractivity contribution in [3.8, 4) is 0 Å². The van der Waals surface area contributed by atoms with E-state index in [0.717, 1.165) is 15.1 Å². The van der Waals surface area contributed by atoms with Crippen molar-refractivity contribution < 1.29 is 14.7 Å². The van der Waals surface area contributed by atoms with E-state index in [1.54, 1.807) is 11.6 Å². The van der Waals surface area contributed by atoms with Crippen LogP contribution in [0.2, 0.25) is 0 Å². The van der Waals surface area contributed by atoms with Crippen molar-refractivity contribution in [2.75, 3.05) is 12.4 Å². The van der Waals surface area contributed by atoms with E-state index in [4.69, 9.17) is 5.11 Å². The average Bonchev–Trinajstić information content (AvgIpc) is 2.84. The minimum absolute atomic E-state index is 0.471. The SMILES string of the molecule is CN(C(=O)Nc1ccc2ncsc2c1)C(C)(C)C(=O)O. The molecule has 0 aliphatic rings. The Labute approximate surface area is 120 Å². The van der Waals surface area contributed by atoms with E-state index >= 15 is 0 Å². The summed E-state index contributed by atoms with van der Waals surface area (Å²) >= 11 is 1.48. The van der Waals surface area contributed by atoms with Crippen molar-refractivity contribution in [2.45, 2.75) is 19.4 Å². The fraction of sp³-hybridized carbons (Fsp3) is 0.308. The minimum Gasteiger partial charge on any atom is -0.480 e. The standard InChI is InChI=1S/C13H15N3O3S/c1-13(2,11(17)18)16(3)12(19)15-8-4-5-9-10(6-8)20-7-14-9/h4-7H,1-3H3,(H,15,19)(H,17,18). The Bertz CT molecular complexity index is 666. The van der Waals surface area contributed by atoms with E-state index in [1.807, 2.05) is 12.1 Å². The number of anilines is 1. The lowest BCUT2D eigenvalue weighted by Crippen LogP contribution is -2.52. The number of likely N-dealkylation sites (N-methyl/N-ethyl adjacent to an activating group) is 1. The molecule has 106 valence electrons. The number of carboxylic acids is 1. The highest BCUT2D eigenvalue weighted by atomic mass is 32.1. The molecule has 1 aromatic carbocycles. The maximum Gasteiger partial charge on any atom is 0.329 e. The van der Waals surface area contributed by atoms with Gasteiger partial charge in [-0.3, -0.25) is 0 Å². The van der Waals surface area contributed by atoms with Crippen molar-refractivity contribution in [3.05, 3.63) is 23.7 Å². The molecule has 7 heteroatoms. The second-order valence-electron chi connectivity index (χ2n) is 4.89. The van der Waals surface area contributed by atoms with Crippen LogP contribution >= 0.6 is 11.3 Å². The summed E-state index contributed by atoms with van der Waals surface area (Å²) in [6.07, 6.45) is 0. The summed E-state index contributed by atoms with van der Waals surface area (Å²) < 4.78 is 0.961. The summed E-state index contributed by atoms with van der Waals surface area (Å²) in [6.45, 7) is 2.95. The molecule has 2 rings (SSSR count). The summed E-state index contributed by atoms with van der Waals surface area (Å²) in [4.78, 5) is 28.5. The van der Waals surface area contributed by atoms with Gasteiger partial charge in [0.1, 0.15) is 5.54 Å². The minimum atomic E-state index is -1.28. The van der Waals surface area contributed by atoms with Crippen molar-refractivity contribution >= 4 is 39.2 Å². The molecular formula is C13H15N3O3S. The molecular weight excluding hydrogens is 278 g/mol. The molecule has 0 radical (unpaired) electrons. The number of amides is 2. The molecule has 0 saturated heterocycles. The Hall–Kier alpha value is -2.15. The summed E-state index contributed by atoms with van der Waals surface area (Å²) in [7, 11) is 1.45. The maximum absolute atomic E-state index is 12.1. The summed E-state index contributed by atoms with van der Waals surface area (Å²) in [6, 6.07) is 4.89. The Morgan fingerprint density at radius 3 is 2.75 bits per heavy atom. The third-order valence-electron chi connectivity index (χ3n) is 3.25. The quantitative estimate of drug-likeness (QED) is 0.911. The zero-order valence-corrected chi connectivity index (χ0v) is 12.2. The number of benzene rings is 1. The van der Waals surface area contributed by atoms with Gasteiger partial charge in [0.2, 0.25) is 0 Å². The van der Waals surface area contributed by atoms with Gasteiger partial charge in [-0.25, -0.2) is 14.6 Å². The van der Waals surface area contributed by atoms with Gasteiger partial charge in [-0.2, -0.15) is 0 Å². The number of hydrogen-bond acceptors (Lipinski definition) is 4. The zero-order chi connectivity index (χ0) is 14.9. The van der Waals surface area contributed by atoms with E-state index < -0.39 is 17.5 Å². The number of fused-ring (bicyclic) bond motifs is 1. The van der Waals surface area contributed by atoms with E-state index in [9.17, 15) is 9.59 Å². The van der Waals surface area contributed by atoms with Crippen LogP contribution in [0.25, 0.3) is 10.2 Å². The second kappa shape index (κ2) is 5.09. The summed E-state index contributed by atoms with van der Waals surface area (Å²) in [5, 5.41) is 11.8. The fourth-order valence-electron chi connectivity index (χ4n) is 1.54. The molecule has 0 atom stereocenters. The van der Waals surface area contributed by atoms with Gasteiger partial charge >= 0.3 is 12.0 Å². The normalized spacial score (nSPS) is 11.3. The molecule has 1 heterocycles. The Balaban J connectivity index is 2.16. The smallest absolute Gasteiger partial charge is 0.329 e. The van der Waals surface area contributed by atoms with Gasteiger partial charge < -0.3 is 15.3 Å². The third kappa shape index (κ3) is 2.57. The van der Waals surface area contributed by atoms with Crippen LogP contribution in [-0.4, -0.2) is 39.6 Å². The lowest BCUT2D eigenvalue weighted by Gasteiger charge is -2.31. The molecule has 2 N–H and O–H groups in total. The van der Waals surface area contributed by atoms with Gasteiger partial charge in [0, 0.05) is 12.7 Å². The first kappa shape index (κ1) is 14.3. The molecule has 2 amide bonds. The highest BCUT2D eigenvalue weighted by Crippen LogP contribution is 2.22. The first-order valence-electron chi connectivity index (χ1n) is 5.94. The topological polar surface area (TPSA) is 82.5 Å². The van der Waals surface area contributed by atoms with Crippen LogP contribution in [0.1, 0.15) is 13.8 Å². The van der Waals surface area contributed by atoms with Crippen molar-refractivity contribution in [1.29, 1.82) is 0 Å². The number of aliphatic carboxylic acids is 1. The number of urea groups is 1. The van der Waals surface area contributed by atoms with Gasteiger partial charge in [0.05, 0.1) is 15.7 Å². The largest absolute Gasteiger partial charge is 0.480 e. The van der Waals surface area contributed by atoms with Gasteiger partial charge in [0.15, 0.2) is 0 Å². The number of carboxylic acid groups (broad SMARTS) is 1. The van der Waals surface area contributed by atoms with Crippen molar-refractivity contribution in [1.82, 2.24) is 9.88 Å². The lowest BCUT2D eigenvalue weighted by molar-refractivity contribution is -0.146. The van der Waals surface area contributed by atoms with Crippen LogP contribution in [0.3, 0.4) is 0 Å². The molecule has 0 aliphatic carbocycles.